The predicted octanol–water partition coefficient (Wildman–Crippen LogP) is 1.59. The van der Waals surface area contributed by atoms with Crippen LogP contribution in [0.2, 0.25) is 5.02 Å². The molecule has 1 aliphatic rings. The lowest BCUT2D eigenvalue weighted by Crippen LogP contribution is -2.24. The van der Waals surface area contributed by atoms with Crippen LogP contribution in [-0.2, 0) is 23.1 Å². The maximum absolute atomic E-state index is 12.2. The molecule has 2 aromatic rings. The fourth-order valence-electron chi connectivity index (χ4n) is 2.26. The van der Waals surface area contributed by atoms with Gasteiger partial charge in [-0.15, -0.1) is 0 Å². The quantitative estimate of drug-likeness (QED) is 0.887. The summed E-state index contributed by atoms with van der Waals surface area (Å²) in [5.74, 6) is 0.0675. The molecule has 0 spiro atoms. The van der Waals surface area contributed by atoms with E-state index >= 15 is 0 Å². The molecule has 1 aliphatic heterocycles. The Hall–Kier alpha value is -1.90. The van der Waals surface area contributed by atoms with Crippen molar-refractivity contribution in [3.8, 4) is 0 Å². The number of carbonyl (C=O) groups excluding carboxylic acids is 1. The van der Waals surface area contributed by atoms with Crippen molar-refractivity contribution in [2.75, 3.05) is 11.6 Å². The number of aromatic amines is 1. The zero-order valence-corrected chi connectivity index (χ0v) is 13.2. The highest BCUT2D eigenvalue weighted by Crippen LogP contribution is 2.28. The molecule has 0 saturated carbocycles. The SMILES string of the molecule is CS(=O)(=O)N1Cc2n[nH]c(NC(=O)c3cccc(Cl)c3)c2C1. The smallest absolute Gasteiger partial charge is 0.256 e. The Balaban J connectivity index is 1.81. The van der Waals surface area contributed by atoms with E-state index in [9.17, 15) is 13.2 Å². The Morgan fingerprint density at radius 2 is 2.18 bits per heavy atom. The van der Waals surface area contributed by atoms with Crippen molar-refractivity contribution >= 4 is 33.3 Å². The summed E-state index contributed by atoms with van der Waals surface area (Å²) in [4.78, 5) is 12.2. The van der Waals surface area contributed by atoms with Crippen LogP contribution >= 0.6 is 11.6 Å². The number of sulfonamides is 1. The lowest BCUT2D eigenvalue weighted by molar-refractivity contribution is 0.102. The number of carbonyl (C=O) groups is 1. The minimum absolute atomic E-state index is 0.190. The molecule has 1 amide bonds. The van der Waals surface area contributed by atoms with Crippen molar-refractivity contribution in [2.24, 2.45) is 0 Å². The van der Waals surface area contributed by atoms with E-state index in [0.717, 1.165) is 6.26 Å². The standard InChI is InChI=1S/C13H13ClN4O3S/c1-22(20,21)18-6-10-11(7-18)16-17-12(10)15-13(19)8-3-2-4-9(14)5-8/h2-5H,6-7H2,1H3,(H2,15,16,17,19). The van der Waals surface area contributed by atoms with E-state index < -0.39 is 10.0 Å². The fraction of sp³-hybridized carbons (Fsp3) is 0.231. The molecule has 2 heterocycles. The summed E-state index contributed by atoms with van der Waals surface area (Å²) in [6, 6.07) is 6.55. The number of nitrogens with zero attached hydrogens (tertiary/aromatic N) is 2. The van der Waals surface area contributed by atoms with Crippen molar-refractivity contribution < 1.29 is 13.2 Å². The molecule has 9 heteroatoms. The first kappa shape index (κ1) is 15.0. The van der Waals surface area contributed by atoms with E-state index in [1.54, 1.807) is 24.3 Å². The van der Waals surface area contributed by atoms with Crippen LogP contribution in [0, 0.1) is 0 Å². The number of benzene rings is 1. The average Bonchev–Trinajstić information content (AvgIpc) is 3.00. The second-order valence-electron chi connectivity index (χ2n) is 5.02. The number of fused-ring (bicyclic) bond motifs is 1. The van der Waals surface area contributed by atoms with Gasteiger partial charge >= 0.3 is 0 Å². The van der Waals surface area contributed by atoms with Crippen LogP contribution in [0.15, 0.2) is 24.3 Å². The Labute approximate surface area is 132 Å². The van der Waals surface area contributed by atoms with Gasteiger partial charge in [0.2, 0.25) is 10.0 Å². The van der Waals surface area contributed by atoms with Gasteiger partial charge in [0.05, 0.1) is 18.5 Å². The number of rotatable bonds is 3. The third kappa shape index (κ3) is 2.85. The number of hydrogen-bond donors (Lipinski definition) is 2. The normalized spacial score (nSPS) is 14.8. The molecular formula is C13H13ClN4O3S. The third-order valence-corrected chi connectivity index (χ3v) is 4.84. The highest BCUT2D eigenvalue weighted by Gasteiger charge is 2.31. The monoisotopic (exact) mass is 340 g/mol. The minimum atomic E-state index is -3.29. The van der Waals surface area contributed by atoms with Gasteiger partial charge in [-0.1, -0.05) is 17.7 Å². The first-order valence-corrected chi connectivity index (χ1v) is 8.65. The van der Waals surface area contributed by atoms with Crippen LogP contribution in [0.1, 0.15) is 21.6 Å². The minimum Gasteiger partial charge on any atom is -0.307 e. The van der Waals surface area contributed by atoms with Gasteiger partial charge in [-0.25, -0.2) is 8.42 Å². The number of halogens is 1. The van der Waals surface area contributed by atoms with Crippen LogP contribution in [0.3, 0.4) is 0 Å². The average molecular weight is 341 g/mol. The molecule has 0 saturated heterocycles. The summed E-state index contributed by atoms with van der Waals surface area (Å²) in [6.45, 7) is 0.396. The van der Waals surface area contributed by atoms with E-state index in [2.05, 4.69) is 15.5 Å². The first-order valence-electron chi connectivity index (χ1n) is 6.43. The molecule has 7 nitrogen and oxygen atoms in total. The van der Waals surface area contributed by atoms with Gasteiger partial charge in [0, 0.05) is 22.7 Å². The summed E-state index contributed by atoms with van der Waals surface area (Å²) in [7, 11) is -3.29. The predicted molar refractivity (Wildman–Crippen MR) is 82.1 cm³/mol. The number of H-pyrrole nitrogens is 1. The maximum Gasteiger partial charge on any atom is 0.256 e. The van der Waals surface area contributed by atoms with Gasteiger partial charge in [0.1, 0.15) is 5.82 Å². The Bertz CT molecular complexity index is 847. The Morgan fingerprint density at radius 1 is 1.41 bits per heavy atom. The lowest BCUT2D eigenvalue weighted by atomic mass is 10.2. The molecule has 22 heavy (non-hydrogen) atoms. The summed E-state index contributed by atoms with van der Waals surface area (Å²) < 4.78 is 24.5. The second kappa shape index (κ2) is 5.38. The molecule has 1 aromatic carbocycles. The highest BCUT2D eigenvalue weighted by atomic mass is 35.5. The molecule has 1 aromatic heterocycles. The molecule has 0 atom stereocenters. The third-order valence-electron chi connectivity index (χ3n) is 3.41. The molecule has 0 unspecified atom stereocenters. The summed E-state index contributed by atoms with van der Waals surface area (Å²) in [5.41, 5.74) is 1.71. The number of nitrogens with one attached hydrogen (secondary N) is 2. The Kier molecular flexibility index (Phi) is 3.67. The van der Waals surface area contributed by atoms with E-state index in [1.165, 1.54) is 4.31 Å². The van der Waals surface area contributed by atoms with E-state index in [-0.39, 0.29) is 19.0 Å². The van der Waals surface area contributed by atoms with Crippen LogP contribution in [0.25, 0.3) is 0 Å². The van der Waals surface area contributed by atoms with Crippen LogP contribution < -0.4 is 5.32 Å². The van der Waals surface area contributed by atoms with Crippen molar-refractivity contribution in [2.45, 2.75) is 13.1 Å². The van der Waals surface area contributed by atoms with E-state index in [4.69, 9.17) is 11.6 Å². The largest absolute Gasteiger partial charge is 0.307 e. The molecule has 3 rings (SSSR count). The fourth-order valence-corrected chi connectivity index (χ4v) is 3.17. The van der Waals surface area contributed by atoms with Gasteiger partial charge in [0.25, 0.3) is 5.91 Å². The molecule has 0 bridgehead atoms. The number of amides is 1. The van der Waals surface area contributed by atoms with Gasteiger partial charge in [-0.2, -0.15) is 9.40 Å². The van der Waals surface area contributed by atoms with E-state index in [0.29, 0.717) is 27.7 Å². The van der Waals surface area contributed by atoms with Gasteiger partial charge in [-0.05, 0) is 18.2 Å². The number of anilines is 1. The highest BCUT2D eigenvalue weighted by molar-refractivity contribution is 7.88. The number of aromatic nitrogens is 2. The molecule has 116 valence electrons. The van der Waals surface area contributed by atoms with Crippen LogP contribution in [-0.4, -0.2) is 35.1 Å². The van der Waals surface area contributed by atoms with Gasteiger partial charge < -0.3 is 5.32 Å². The maximum atomic E-state index is 12.2. The Morgan fingerprint density at radius 3 is 2.86 bits per heavy atom. The molecule has 0 fully saturated rings. The van der Waals surface area contributed by atoms with Gasteiger partial charge in [0.15, 0.2) is 0 Å². The van der Waals surface area contributed by atoms with Gasteiger partial charge in [-0.3, -0.25) is 9.89 Å². The topological polar surface area (TPSA) is 95.2 Å². The summed E-state index contributed by atoms with van der Waals surface area (Å²) in [6.07, 6.45) is 1.15. The molecule has 2 N–H and O–H groups in total. The molecule has 0 radical (unpaired) electrons. The van der Waals surface area contributed by atoms with Crippen LogP contribution in [0.5, 0.6) is 0 Å². The summed E-state index contributed by atoms with van der Waals surface area (Å²) in [5, 5.41) is 9.94. The number of hydrogen-bond acceptors (Lipinski definition) is 4. The summed E-state index contributed by atoms with van der Waals surface area (Å²) >= 11 is 5.86. The van der Waals surface area contributed by atoms with Crippen molar-refractivity contribution in [3.63, 3.8) is 0 Å². The van der Waals surface area contributed by atoms with Crippen molar-refractivity contribution in [3.05, 3.63) is 46.1 Å². The zero-order valence-electron chi connectivity index (χ0n) is 11.6. The zero-order chi connectivity index (χ0) is 15.9. The first-order chi connectivity index (χ1) is 10.3. The lowest BCUT2D eigenvalue weighted by Gasteiger charge is -2.12. The van der Waals surface area contributed by atoms with E-state index in [1.807, 2.05) is 0 Å². The van der Waals surface area contributed by atoms with Crippen molar-refractivity contribution in [1.82, 2.24) is 14.5 Å². The second-order valence-corrected chi connectivity index (χ2v) is 7.44. The van der Waals surface area contributed by atoms with Crippen LogP contribution in [0.4, 0.5) is 5.82 Å². The molecule has 0 aliphatic carbocycles. The molecular weight excluding hydrogens is 328 g/mol. The van der Waals surface area contributed by atoms with Crippen molar-refractivity contribution in [1.29, 1.82) is 0 Å².